The molecule has 0 atom stereocenters. The highest BCUT2D eigenvalue weighted by Gasteiger charge is 2.14. The summed E-state index contributed by atoms with van der Waals surface area (Å²) in [5, 5.41) is 17.9. The van der Waals surface area contributed by atoms with E-state index in [0.717, 1.165) is 28.8 Å². The molecule has 0 aliphatic rings. The van der Waals surface area contributed by atoms with Crippen molar-refractivity contribution in [3.05, 3.63) is 10.6 Å². The summed E-state index contributed by atoms with van der Waals surface area (Å²) in [6, 6.07) is 0. The SMILES string of the molecule is CCCCN(CCCC)c1nc(C)c(CCON(O)O)s1. The minimum atomic E-state index is -0.244. The molecule has 0 aromatic carbocycles. The predicted molar refractivity (Wildman–Crippen MR) is 83.9 cm³/mol. The van der Waals surface area contributed by atoms with E-state index in [1.54, 1.807) is 11.3 Å². The Bertz CT molecular complexity index is 391. The van der Waals surface area contributed by atoms with Crippen LogP contribution in [0, 0.1) is 6.92 Å². The third kappa shape index (κ3) is 6.71. The average molecular weight is 317 g/mol. The Hall–Kier alpha value is -0.730. The fraction of sp³-hybridized carbons (Fsp3) is 0.786. The van der Waals surface area contributed by atoms with E-state index in [9.17, 15) is 0 Å². The number of rotatable bonds is 11. The van der Waals surface area contributed by atoms with Crippen LogP contribution in [0.3, 0.4) is 0 Å². The lowest BCUT2D eigenvalue weighted by molar-refractivity contribution is -0.492. The van der Waals surface area contributed by atoms with E-state index in [1.165, 1.54) is 25.7 Å². The molecule has 1 aromatic rings. The lowest BCUT2D eigenvalue weighted by Crippen LogP contribution is -2.25. The second-order valence-electron chi connectivity index (χ2n) is 5.04. The largest absolute Gasteiger partial charge is 0.348 e. The van der Waals surface area contributed by atoms with Crippen LogP contribution in [-0.2, 0) is 11.3 Å². The lowest BCUT2D eigenvalue weighted by Gasteiger charge is -2.21. The smallest absolute Gasteiger partial charge is 0.185 e. The van der Waals surface area contributed by atoms with Crippen molar-refractivity contribution >= 4 is 16.5 Å². The Morgan fingerprint density at radius 2 is 1.76 bits per heavy atom. The maximum absolute atomic E-state index is 8.53. The fourth-order valence-electron chi connectivity index (χ4n) is 2.00. The Kier molecular flexibility index (Phi) is 8.79. The number of anilines is 1. The van der Waals surface area contributed by atoms with Crippen LogP contribution in [-0.4, -0.2) is 40.5 Å². The summed E-state index contributed by atoms with van der Waals surface area (Å²) in [7, 11) is 0. The molecule has 0 radical (unpaired) electrons. The number of hydrogen-bond acceptors (Lipinski definition) is 7. The molecule has 1 rings (SSSR count). The molecule has 0 amide bonds. The van der Waals surface area contributed by atoms with Crippen molar-refractivity contribution in [2.45, 2.75) is 52.9 Å². The van der Waals surface area contributed by atoms with Gasteiger partial charge in [-0.3, -0.25) is 15.3 Å². The van der Waals surface area contributed by atoms with Gasteiger partial charge in [0.2, 0.25) is 0 Å². The van der Waals surface area contributed by atoms with Gasteiger partial charge in [0.25, 0.3) is 0 Å². The van der Waals surface area contributed by atoms with Crippen molar-refractivity contribution < 1.29 is 15.3 Å². The highest BCUT2D eigenvalue weighted by Crippen LogP contribution is 2.27. The molecule has 0 saturated carbocycles. The van der Waals surface area contributed by atoms with Crippen LogP contribution >= 0.6 is 11.3 Å². The molecule has 0 aliphatic heterocycles. The molecule has 0 bridgehead atoms. The van der Waals surface area contributed by atoms with Gasteiger partial charge < -0.3 is 4.90 Å². The summed E-state index contributed by atoms with van der Waals surface area (Å²) in [4.78, 5) is 12.8. The first-order valence-electron chi connectivity index (χ1n) is 7.60. The van der Waals surface area contributed by atoms with Crippen LogP contribution in [0.15, 0.2) is 0 Å². The molecule has 1 aromatic heterocycles. The number of unbranched alkanes of at least 4 members (excludes halogenated alkanes) is 2. The number of hydrogen-bond donors (Lipinski definition) is 2. The summed E-state index contributed by atoms with van der Waals surface area (Å²) in [5.41, 5.74) is 0.999. The van der Waals surface area contributed by atoms with Gasteiger partial charge in [-0.05, 0) is 19.8 Å². The van der Waals surface area contributed by atoms with E-state index in [0.29, 0.717) is 6.42 Å². The monoisotopic (exact) mass is 317 g/mol. The normalized spacial score (nSPS) is 11.3. The van der Waals surface area contributed by atoms with Crippen molar-refractivity contribution in [1.82, 2.24) is 10.4 Å². The molecular formula is C14H27N3O3S. The summed E-state index contributed by atoms with van der Waals surface area (Å²) < 4.78 is 0. The molecular weight excluding hydrogens is 290 g/mol. The lowest BCUT2D eigenvalue weighted by atomic mass is 10.3. The van der Waals surface area contributed by atoms with E-state index in [2.05, 4.69) is 28.6 Å². The molecule has 2 N–H and O–H groups in total. The van der Waals surface area contributed by atoms with Crippen molar-refractivity contribution in [2.75, 3.05) is 24.6 Å². The highest BCUT2D eigenvalue weighted by molar-refractivity contribution is 7.15. The number of thiazole rings is 1. The molecule has 0 aliphatic carbocycles. The maximum Gasteiger partial charge on any atom is 0.185 e. The molecule has 0 saturated heterocycles. The topological polar surface area (TPSA) is 69.1 Å². The fourth-order valence-corrected chi connectivity index (χ4v) is 3.09. The maximum atomic E-state index is 8.53. The van der Waals surface area contributed by atoms with Crippen LogP contribution in [0.1, 0.15) is 50.1 Å². The van der Waals surface area contributed by atoms with Gasteiger partial charge in [0, 0.05) is 24.4 Å². The third-order valence-corrected chi connectivity index (χ3v) is 4.53. The van der Waals surface area contributed by atoms with E-state index in [1.807, 2.05) is 6.92 Å². The number of aromatic nitrogens is 1. The molecule has 1 heterocycles. The second-order valence-corrected chi connectivity index (χ2v) is 6.10. The molecule has 21 heavy (non-hydrogen) atoms. The first kappa shape index (κ1) is 18.3. The van der Waals surface area contributed by atoms with E-state index in [-0.39, 0.29) is 12.0 Å². The standard InChI is InChI=1S/C14H27N3O3S/c1-4-6-9-16(10-7-5-2)14-15-12(3)13(21-14)8-11-20-17(18)19/h18-19H,4-11H2,1-3H3. The van der Waals surface area contributed by atoms with E-state index >= 15 is 0 Å². The van der Waals surface area contributed by atoms with E-state index < -0.39 is 0 Å². The number of nitrogens with zero attached hydrogens (tertiary/aromatic N) is 3. The van der Waals surface area contributed by atoms with Gasteiger partial charge in [-0.15, -0.1) is 11.3 Å². The van der Waals surface area contributed by atoms with Crippen LogP contribution in [0.4, 0.5) is 5.13 Å². The molecule has 0 spiro atoms. The second kappa shape index (κ2) is 10.1. The zero-order valence-corrected chi connectivity index (χ0v) is 14.0. The van der Waals surface area contributed by atoms with Crippen molar-refractivity contribution in [3.63, 3.8) is 0 Å². The van der Waals surface area contributed by atoms with Crippen LogP contribution in [0.5, 0.6) is 0 Å². The molecule has 122 valence electrons. The van der Waals surface area contributed by atoms with Crippen molar-refractivity contribution in [2.24, 2.45) is 0 Å². The minimum absolute atomic E-state index is 0.222. The van der Waals surface area contributed by atoms with Crippen LogP contribution < -0.4 is 4.90 Å². The molecule has 6 nitrogen and oxygen atoms in total. The summed E-state index contributed by atoms with van der Waals surface area (Å²) >= 11 is 1.67. The Morgan fingerprint density at radius 3 is 2.29 bits per heavy atom. The minimum Gasteiger partial charge on any atom is -0.348 e. The van der Waals surface area contributed by atoms with Gasteiger partial charge in [-0.25, -0.2) is 4.98 Å². The van der Waals surface area contributed by atoms with Gasteiger partial charge in [0.1, 0.15) is 0 Å². The quantitative estimate of drug-likeness (QED) is 0.610. The first-order chi connectivity index (χ1) is 10.1. The van der Waals surface area contributed by atoms with Crippen molar-refractivity contribution in [1.29, 1.82) is 0 Å². The Balaban J connectivity index is 2.65. The zero-order chi connectivity index (χ0) is 15.7. The number of aryl methyl sites for hydroxylation is 1. The van der Waals surface area contributed by atoms with Gasteiger partial charge >= 0.3 is 0 Å². The summed E-state index contributed by atoms with van der Waals surface area (Å²) in [5.74, 6) is 0. The molecule has 7 heteroatoms. The van der Waals surface area contributed by atoms with Crippen molar-refractivity contribution in [3.8, 4) is 0 Å². The van der Waals surface area contributed by atoms with Gasteiger partial charge in [-0.2, -0.15) is 0 Å². The van der Waals surface area contributed by atoms with E-state index in [4.69, 9.17) is 10.4 Å². The first-order valence-corrected chi connectivity index (χ1v) is 8.42. The van der Waals surface area contributed by atoms with Crippen LogP contribution in [0.25, 0.3) is 0 Å². The molecule has 0 unspecified atom stereocenters. The zero-order valence-electron chi connectivity index (χ0n) is 13.2. The highest BCUT2D eigenvalue weighted by atomic mass is 32.1. The summed E-state index contributed by atoms with van der Waals surface area (Å²) in [6.07, 6.45) is 5.32. The average Bonchev–Trinajstić information content (AvgIpc) is 2.80. The van der Waals surface area contributed by atoms with Gasteiger partial charge in [0.15, 0.2) is 5.13 Å². The Labute approximate surface area is 130 Å². The Morgan fingerprint density at radius 1 is 1.14 bits per heavy atom. The third-order valence-electron chi connectivity index (χ3n) is 3.25. The molecule has 0 fully saturated rings. The predicted octanol–water partition coefficient (Wildman–Crippen LogP) is 3.41. The summed E-state index contributed by atoms with van der Waals surface area (Å²) in [6.45, 7) is 8.69. The van der Waals surface area contributed by atoms with Crippen LogP contribution in [0.2, 0.25) is 0 Å². The van der Waals surface area contributed by atoms with Gasteiger partial charge in [0.05, 0.1) is 17.7 Å². The van der Waals surface area contributed by atoms with Gasteiger partial charge in [-0.1, -0.05) is 26.7 Å².